The standard InChI is InChI=1S/C54H36N4O2.C49H40N2.C33H18N4O2/c1-7-19-37(20-8-1)55(38-21-9-2-10-22-38)43-31-46-47-32-44(56(39-23-11-3-12-24-39)40-25-13-4-14-26-40)34-49-53(47)58-52(46)48(33-43)59-50-35-45(36-51(60-49)54(50)58)57(41-27-15-5-16-28-41)42-29-17-6-18-30-42;1-47(2)38-17-10-9-15-34(38)35-24-23-32(27-42(35)47)50(31-22-21-29-13-7-8-14-30(29)25-31)33-26-37-36-16-11-18-39-44(36)51-45(37)43(28-33)49(5,6)41-20-12-19-40(46(41)51)48(39,3)4;1-3-9-19(10-4-1)31-34-32(20-11-5-2-6-12-20)36-33(35-31)21-17-23-22-13-7-14-24-28(22)37-29(23)27(18-21)39-26-16-8-15-25(38-24)30(26)37/h1-36H;7-28H,1-6H3;1-18H. The second-order valence-electron chi connectivity index (χ2n) is 41.4. The van der Waals surface area contributed by atoms with Crippen LogP contribution in [0.2, 0.25) is 0 Å². The minimum absolute atomic E-state index is 0.0950. The van der Waals surface area contributed by atoms with Gasteiger partial charge in [-0.2, -0.15) is 0 Å². The summed E-state index contributed by atoms with van der Waals surface area (Å²) in [6.45, 7) is 14.4. The summed E-state index contributed by atoms with van der Waals surface area (Å²) in [7, 11) is 0. The molecule has 0 spiro atoms. The van der Waals surface area contributed by atoms with Crippen LogP contribution in [0.25, 0.3) is 139 Å². The van der Waals surface area contributed by atoms with E-state index in [9.17, 15) is 0 Å². The molecule has 1 aliphatic carbocycles. The van der Waals surface area contributed by atoms with Crippen molar-refractivity contribution in [3.8, 4) is 108 Å². The highest BCUT2D eigenvalue weighted by Gasteiger charge is 2.46. The molecule has 4 aromatic heterocycles. The first-order valence-corrected chi connectivity index (χ1v) is 51.3. The van der Waals surface area contributed by atoms with Gasteiger partial charge in [-0.1, -0.05) is 327 Å². The summed E-state index contributed by atoms with van der Waals surface area (Å²) in [6, 6.07) is 163. The van der Waals surface area contributed by atoms with Crippen molar-refractivity contribution < 1.29 is 18.9 Å². The molecular weight excluding hydrogens is 1840 g/mol. The van der Waals surface area contributed by atoms with E-state index in [0.717, 1.165) is 169 Å². The number of para-hydroxylation sites is 10. The van der Waals surface area contributed by atoms with Crippen molar-refractivity contribution in [3.63, 3.8) is 0 Å². The van der Waals surface area contributed by atoms with Gasteiger partial charge in [0.05, 0.1) is 55.8 Å². The number of ether oxygens (including phenoxy) is 4. The van der Waals surface area contributed by atoms with Crippen molar-refractivity contribution in [2.75, 3.05) is 19.6 Å². The summed E-state index contributed by atoms with van der Waals surface area (Å²) >= 11 is 0. The molecule has 0 radical (unpaired) electrons. The normalized spacial score (nSPS) is 13.6. The maximum atomic E-state index is 7.17. The summed E-state index contributed by atoms with van der Waals surface area (Å²) in [5.41, 5.74) is 36.1. The largest absolute Gasteiger partial charge is 0.453 e. The Morgan fingerprint density at radius 3 is 1.03 bits per heavy atom. The van der Waals surface area contributed by atoms with E-state index in [4.69, 9.17) is 33.9 Å². The number of hydrogen-bond acceptors (Lipinski definition) is 11. The van der Waals surface area contributed by atoms with E-state index in [1.165, 1.54) is 99.8 Å². The summed E-state index contributed by atoms with van der Waals surface area (Å²) in [5.74, 6) is 7.97. The molecule has 0 fully saturated rings. The average Bonchev–Trinajstić information content (AvgIpc) is 1.49. The van der Waals surface area contributed by atoms with Crippen molar-refractivity contribution in [2.24, 2.45) is 0 Å². The number of rotatable bonds is 15. The van der Waals surface area contributed by atoms with Crippen LogP contribution in [0, 0.1) is 0 Å². The Bertz CT molecular complexity index is 9600. The van der Waals surface area contributed by atoms with E-state index in [-0.39, 0.29) is 16.2 Å². The second-order valence-corrected chi connectivity index (χ2v) is 41.4. The summed E-state index contributed by atoms with van der Waals surface area (Å²) in [5, 5.41) is 9.45. The minimum atomic E-state index is -0.200. The van der Waals surface area contributed by atoms with E-state index >= 15 is 0 Å². The number of benzene rings is 21. The van der Waals surface area contributed by atoms with Crippen LogP contribution >= 0.6 is 0 Å². The first-order valence-electron chi connectivity index (χ1n) is 51.3. The number of fused-ring (bicyclic) bond motifs is 7. The monoisotopic (exact) mass is 1930 g/mol. The fourth-order valence-corrected chi connectivity index (χ4v) is 24.8. The van der Waals surface area contributed by atoms with Crippen LogP contribution in [-0.2, 0) is 16.2 Å². The molecule has 10 heterocycles. The van der Waals surface area contributed by atoms with Gasteiger partial charge in [0, 0.05) is 141 Å². The zero-order valence-corrected chi connectivity index (χ0v) is 83.0. The fourth-order valence-electron chi connectivity index (χ4n) is 24.8. The summed E-state index contributed by atoms with van der Waals surface area (Å²) in [6.07, 6.45) is 0. The molecule has 25 aromatic rings. The fraction of sp³-hybridized carbons (Fsp3) is 0.0662. The number of anilines is 12. The second kappa shape index (κ2) is 32.9. The van der Waals surface area contributed by atoms with E-state index in [1.54, 1.807) is 0 Å². The van der Waals surface area contributed by atoms with Crippen LogP contribution in [0.15, 0.2) is 461 Å². The van der Waals surface area contributed by atoms with Crippen molar-refractivity contribution in [1.29, 1.82) is 0 Å². The van der Waals surface area contributed by atoms with Gasteiger partial charge in [-0.15, -0.1) is 0 Å². The molecule has 0 saturated carbocycles. The molecular formula is C136H94N10O4. The van der Waals surface area contributed by atoms with Gasteiger partial charge in [0.1, 0.15) is 11.4 Å². The van der Waals surface area contributed by atoms with E-state index < -0.39 is 0 Å². The molecule has 0 saturated heterocycles. The zero-order chi connectivity index (χ0) is 99.7. The van der Waals surface area contributed by atoms with Crippen LogP contribution in [0.4, 0.5) is 68.2 Å². The minimum Gasteiger partial charge on any atom is -0.453 e. The molecule has 6 aliphatic heterocycles. The zero-order valence-electron chi connectivity index (χ0n) is 83.0. The number of aromatic nitrogens is 6. The Hall–Kier alpha value is -19.3. The van der Waals surface area contributed by atoms with Crippen LogP contribution in [0.1, 0.15) is 74.9 Å². The van der Waals surface area contributed by atoms with Gasteiger partial charge in [-0.05, 0) is 207 Å². The van der Waals surface area contributed by atoms with E-state index in [1.807, 2.05) is 109 Å². The highest BCUT2D eigenvalue weighted by molar-refractivity contribution is 6.20. The summed E-state index contributed by atoms with van der Waals surface area (Å²) < 4.78 is 34.4. The lowest BCUT2D eigenvalue weighted by atomic mass is 9.68. The highest BCUT2D eigenvalue weighted by atomic mass is 16.5. The van der Waals surface area contributed by atoms with Crippen LogP contribution in [-0.4, -0.2) is 28.7 Å². The highest BCUT2D eigenvalue weighted by Crippen LogP contribution is 2.63. The lowest BCUT2D eigenvalue weighted by Gasteiger charge is -2.42. The molecule has 150 heavy (non-hydrogen) atoms. The van der Waals surface area contributed by atoms with Gasteiger partial charge in [0.2, 0.25) is 0 Å². The SMILES string of the molecule is CC1(C)c2ccccc2-c2ccc(N(c3ccc4ccccc4c3)c3cc4c5c(c3)c3cccc6c3n5-c3c(cccc3C4(C)C)C6(C)C)cc21.c1ccc(-c2nc(-c3ccccc3)nc(-c3cc4c5c(c3)c3cccc6c3n5-c3c(cccc3O4)O6)n2)cc1.c1ccc(N(c2ccccc2)c2cc3c4c(c2)Oc2cc(N(c5ccccc5)c5ccccc5)cc5c6cc(N(c7ccccc7)c7ccccc7)cc(c6n-4c25)O3)cc1. The lowest BCUT2D eigenvalue weighted by Crippen LogP contribution is -2.33. The van der Waals surface area contributed by atoms with Gasteiger partial charge in [0.25, 0.3) is 0 Å². The Kier molecular flexibility index (Phi) is 18.9. The predicted molar refractivity (Wildman–Crippen MR) is 610 cm³/mol. The molecule has 0 bridgehead atoms. The van der Waals surface area contributed by atoms with Crippen molar-refractivity contribution in [3.05, 3.63) is 494 Å². The Labute approximate surface area is 866 Å². The van der Waals surface area contributed by atoms with Crippen LogP contribution < -0.4 is 38.5 Å². The molecule has 0 atom stereocenters. The molecule has 32 rings (SSSR count). The van der Waals surface area contributed by atoms with Crippen molar-refractivity contribution in [1.82, 2.24) is 28.7 Å². The number of hydrogen-bond donors (Lipinski definition) is 0. The predicted octanol–water partition coefficient (Wildman–Crippen LogP) is 36.6. The lowest BCUT2D eigenvalue weighted by molar-refractivity contribution is 0.444. The third kappa shape index (κ3) is 13.1. The van der Waals surface area contributed by atoms with E-state index in [2.05, 4.69) is 427 Å². The third-order valence-electron chi connectivity index (χ3n) is 31.7. The molecule has 21 aromatic carbocycles. The van der Waals surface area contributed by atoms with Crippen LogP contribution in [0.3, 0.4) is 0 Å². The number of nitrogens with zero attached hydrogens (tertiary/aromatic N) is 10. The third-order valence-corrected chi connectivity index (χ3v) is 31.7. The smallest absolute Gasteiger partial charge is 0.164 e. The Balaban J connectivity index is 0.000000106. The first kappa shape index (κ1) is 86.2. The maximum absolute atomic E-state index is 7.17. The van der Waals surface area contributed by atoms with Crippen molar-refractivity contribution in [2.45, 2.75) is 57.8 Å². The van der Waals surface area contributed by atoms with Crippen molar-refractivity contribution >= 4 is 144 Å². The molecule has 0 unspecified atom stereocenters. The van der Waals surface area contributed by atoms with Gasteiger partial charge in [0.15, 0.2) is 63.5 Å². The summed E-state index contributed by atoms with van der Waals surface area (Å²) in [4.78, 5) is 24.1. The van der Waals surface area contributed by atoms with E-state index in [0.29, 0.717) is 17.5 Å². The van der Waals surface area contributed by atoms with Gasteiger partial charge in [-0.25, -0.2) is 15.0 Å². The average molecular weight is 1930 g/mol. The van der Waals surface area contributed by atoms with Gasteiger partial charge >= 0.3 is 0 Å². The maximum Gasteiger partial charge on any atom is 0.164 e. The Morgan fingerprint density at radius 2 is 0.500 bits per heavy atom. The molecule has 14 nitrogen and oxygen atoms in total. The first-order chi connectivity index (χ1) is 73.6. The quantitative estimate of drug-likeness (QED) is 0.0980. The molecule has 14 heteroatoms. The topological polar surface area (TPSA) is 103 Å². The Morgan fingerprint density at radius 1 is 0.180 bits per heavy atom. The molecule has 0 N–H and O–H groups in total. The molecule has 712 valence electrons. The molecule has 0 amide bonds. The van der Waals surface area contributed by atoms with Gasteiger partial charge in [-0.3, -0.25) is 9.13 Å². The molecule has 7 aliphatic rings. The van der Waals surface area contributed by atoms with Gasteiger partial charge < -0.3 is 43.1 Å². The van der Waals surface area contributed by atoms with Crippen LogP contribution in [0.5, 0.6) is 46.0 Å².